The van der Waals surface area contributed by atoms with Crippen LogP contribution in [-0.4, -0.2) is 15.7 Å². The molecule has 26 heavy (non-hydrogen) atoms. The molecule has 2 aromatic heterocycles. The number of hydrogen-bond acceptors (Lipinski definition) is 3. The maximum atomic E-state index is 11.9. The molecule has 5 nitrogen and oxygen atoms in total. The number of furan rings is 1. The maximum Gasteiger partial charge on any atom is 0.244 e. The first kappa shape index (κ1) is 18.3. The molecule has 0 aliphatic heterocycles. The Balaban J connectivity index is 1.69. The summed E-state index contributed by atoms with van der Waals surface area (Å²) < 4.78 is 6.84. The van der Waals surface area contributed by atoms with Crippen LogP contribution in [0.3, 0.4) is 0 Å². The first-order chi connectivity index (χ1) is 12.5. The van der Waals surface area contributed by atoms with Crippen LogP contribution in [0.25, 0.3) is 6.08 Å². The number of nitrogens with one attached hydrogen (secondary N) is 1. The van der Waals surface area contributed by atoms with Crippen molar-refractivity contribution in [3.8, 4) is 0 Å². The number of aryl methyl sites for hydroxylation is 1. The minimum atomic E-state index is -0.240. The molecule has 1 amide bonds. The molecule has 0 atom stereocenters. The molecule has 0 radical (unpaired) electrons. The first-order valence-corrected chi connectivity index (χ1v) is 8.75. The van der Waals surface area contributed by atoms with Crippen molar-refractivity contribution in [1.29, 1.82) is 0 Å². The summed E-state index contributed by atoms with van der Waals surface area (Å²) in [5.41, 5.74) is 2.36. The van der Waals surface area contributed by atoms with Crippen molar-refractivity contribution in [3.05, 3.63) is 81.5 Å². The molecule has 1 aromatic carbocycles. The predicted octanol–water partition coefficient (Wildman–Crippen LogP) is 4.47. The van der Waals surface area contributed by atoms with Gasteiger partial charge in [0.05, 0.1) is 25.0 Å². The Morgan fingerprint density at radius 3 is 2.81 bits per heavy atom. The number of nitrogens with zero attached hydrogens (tertiary/aromatic N) is 2. The number of hydrogen-bond donors (Lipinski definition) is 1. The number of rotatable bonds is 6. The third-order valence-electron chi connectivity index (χ3n) is 3.81. The van der Waals surface area contributed by atoms with Crippen molar-refractivity contribution < 1.29 is 9.21 Å². The molecule has 1 N–H and O–H groups in total. The summed E-state index contributed by atoms with van der Waals surface area (Å²) in [6.07, 6.45) is 4.65. The highest BCUT2D eigenvalue weighted by molar-refractivity contribution is 6.32. The van der Waals surface area contributed by atoms with Gasteiger partial charge in [-0.3, -0.25) is 4.79 Å². The number of halogens is 2. The Bertz CT molecular complexity index is 930. The maximum absolute atomic E-state index is 11.9. The van der Waals surface area contributed by atoms with Crippen LogP contribution in [0.2, 0.25) is 10.2 Å². The minimum Gasteiger partial charge on any atom is -0.467 e. The summed E-state index contributed by atoms with van der Waals surface area (Å²) in [6.45, 7) is 2.63. The Morgan fingerprint density at radius 2 is 2.08 bits per heavy atom. The average molecular weight is 390 g/mol. The molecular formula is C19H17Cl2N3O2. The molecule has 7 heteroatoms. The van der Waals surface area contributed by atoms with E-state index in [1.807, 2.05) is 31.2 Å². The molecule has 2 heterocycles. The normalized spacial score (nSPS) is 11.2. The van der Waals surface area contributed by atoms with Gasteiger partial charge in [0.1, 0.15) is 10.9 Å². The van der Waals surface area contributed by atoms with E-state index in [2.05, 4.69) is 10.4 Å². The summed E-state index contributed by atoms with van der Waals surface area (Å²) in [7, 11) is 0. The van der Waals surface area contributed by atoms with Crippen LogP contribution >= 0.6 is 23.2 Å². The second-order valence-electron chi connectivity index (χ2n) is 5.67. The van der Waals surface area contributed by atoms with E-state index in [9.17, 15) is 4.79 Å². The SMILES string of the molecule is Cc1nn(Cc2ccccc2Cl)c(Cl)c1/C=C/C(=O)NCc1ccco1. The lowest BCUT2D eigenvalue weighted by atomic mass is 10.2. The van der Waals surface area contributed by atoms with Crippen LogP contribution in [0.4, 0.5) is 0 Å². The Morgan fingerprint density at radius 1 is 1.27 bits per heavy atom. The van der Waals surface area contributed by atoms with Crippen molar-refractivity contribution in [2.75, 3.05) is 0 Å². The molecule has 0 spiro atoms. The molecule has 3 rings (SSSR count). The fraction of sp³-hybridized carbons (Fsp3) is 0.158. The van der Waals surface area contributed by atoms with Gasteiger partial charge in [0, 0.05) is 16.7 Å². The van der Waals surface area contributed by atoms with Crippen LogP contribution in [0.1, 0.15) is 22.6 Å². The second-order valence-corrected chi connectivity index (χ2v) is 6.43. The van der Waals surface area contributed by atoms with Gasteiger partial charge in [0.25, 0.3) is 0 Å². The van der Waals surface area contributed by atoms with Crippen molar-refractivity contribution in [3.63, 3.8) is 0 Å². The Hall–Kier alpha value is -2.50. The van der Waals surface area contributed by atoms with Crippen molar-refractivity contribution >= 4 is 35.2 Å². The van der Waals surface area contributed by atoms with Crippen LogP contribution in [0, 0.1) is 6.92 Å². The molecule has 0 aliphatic carbocycles. The average Bonchev–Trinajstić information content (AvgIpc) is 3.23. The molecule has 0 unspecified atom stereocenters. The van der Waals surface area contributed by atoms with E-state index in [-0.39, 0.29) is 5.91 Å². The minimum absolute atomic E-state index is 0.240. The number of carbonyl (C=O) groups excluding carboxylic acids is 1. The highest BCUT2D eigenvalue weighted by atomic mass is 35.5. The molecule has 134 valence electrons. The highest BCUT2D eigenvalue weighted by Crippen LogP contribution is 2.24. The van der Waals surface area contributed by atoms with Crippen LogP contribution in [0.15, 0.2) is 53.2 Å². The quantitative estimate of drug-likeness (QED) is 0.632. The molecule has 0 bridgehead atoms. The van der Waals surface area contributed by atoms with Crippen molar-refractivity contribution in [2.45, 2.75) is 20.0 Å². The zero-order valence-corrected chi connectivity index (χ0v) is 15.6. The van der Waals surface area contributed by atoms with Gasteiger partial charge >= 0.3 is 0 Å². The summed E-state index contributed by atoms with van der Waals surface area (Å²) >= 11 is 12.6. The number of carbonyl (C=O) groups is 1. The third-order valence-corrected chi connectivity index (χ3v) is 4.57. The first-order valence-electron chi connectivity index (χ1n) is 7.99. The number of amides is 1. The lowest BCUT2D eigenvalue weighted by Crippen LogP contribution is -2.19. The van der Waals surface area contributed by atoms with E-state index in [0.717, 1.165) is 11.3 Å². The van der Waals surface area contributed by atoms with Gasteiger partial charge in [-0.15, -0.1) is 0 Å². The lowest BCUT2D eigenvalue weighted by Gasteiger charge is -2.05. The molecule has 3 aromatic rings. The van der Waals surface area contributed by atoms with E-state index in [4.69, 9.17) is 27.6 Å². The van der Waals surface area contributed by atoms with E-state index in [1.165, 1.54) is 6.08 Å². The Labute approximate surface area is 161 Å². The lowest BCUT2D eigenvalue weighted by molar-refractivity contribution is -0.116. The van der Waals surface area contributed by atoms with E-state index in [0.29, 0.717) is 34.6 Å². The van der Waals surface area contributed by atoms with Gasteiger partial charge in [0.2, 0.25) is 5.91 Å². The Kier molecular flexibility index (Phi) is 5.81. The molecule has 0 aliphatic rings. The van der Waals surface area contributed by atoms with E-state index in [1.54, 1.807) is 29.2 Å². The van der Waals surface area contributed by atoms with Gasteiger partial charge in [0.15, 0.2) is 0 Å². The van der Waals surface area contributed by atoms with Gasteiger partial charge in [-0.2, -0.15) is 5.10 Å². The predicted molar refractivity (Wildman–Crippen MR) is 102 cm³/mol. The topological polar surface area (TPSA) is 60.1 Å². The standard InChI is InChI=1S/C19H17Cl2N3O2/c1-13-16(8-9-18(25)22-11-15-6-4-10-26-15)19(21)24(23-13)12-14-5-2-3-7-17(14)20/h2-10H,11-12H2,1H3,(H,22,25)/b9-8+. The zero-order valence-electron chi connectivity index (χ0n) is 14.1. The molecule has 0 saturated heterocycles. The largest absolute Gasteiger partial charge is 0.467 e. The summed E-state index contributed by atoms with van der Waals surface area (Å²) in [5.74, 6) is 0.448. The summed E-state index contributed by atoms with van der Waals surface area (Å²) in [4.78, 5) is 11.9. The van der Waals surface area contributed by atoms with Crippen LogP contribution in [-0.2, 0) is 17.9 Å². The van der Waals surface area contributed by atoms with E-state index >= 15 is 0 Å². The fourth-order valence-corrected chi connectivity index (χ4v) is 2.95. The second kappa shape index (κ2) is 8.25. The molecular weight excluding hydrogens is 373 g/mol. The highest BCUT2D eigenvalue weighted by Gasteiger charge is 2.13. The van der Waals surface area contributed by atoms with Crippen LogP contribution in [0.5, 0.6) is 0 Å². The van der Waals surface area contributed by atoms with Crippen molar-refractivity contribution in [2.24, 2.45) is 0 Å². The third kappa shape index (κ3) is 4.36. The van der Waals surface area contributed by atoms with E-state index < -0.39 is 0 Å². The molecule has 0 fully saturated rings. The zero-order chi connectivity index (χ0) is 18.5. The van der Waals surface area contributed by atoms with Gasteiger partial charge in [-0.25, -0.2) is 4.68 Å². The number of benzene rings is 1. The van der Waals surface area contributed by atoms with Gasteiger partial charge in [-0.05, 0) is 36.8 Å². The fourth-order valence-electron chi connectivity index (χ4n) is 2.45. The molecule has 0 saturated carbocycles. The van der Waals surface area contributed by atoms with Crippen molar-refractivity contribution in [1.82, 2.24) is 15.1 Å². The summed E-state index contributed by atoms with van der Waals surface area (Å²) in [6, 6.07) is 11.1. The summed E-state index contributed by atoms with van der Waals surface area (Å²) in [5, 5.41) is 8.29. The monoisotopic (exact) mass is 389 g/mol. The smallest absolute Gasteiger partial charge is 0.244 e. The van der Waals surface area contributed by atoms with Gasteiger partial charge < -0.3 is 9.73 Å². The van der Waals surface area contributed by atoms with Gasteiger partial charge in [-0.1, -0.05) is 41.4 Å². The number of aromatic nitrogens is 2. The van der Waals surface area contributed by atoms with Crippen LogP contribution < -0.4 is 5.32 Å².